The number of nitrogens with one attached hydrogen (secondary N) is 1. The van der Waals surface area contributed by atoms with Gasteiger partial charge in [-0.3, -0.25) is 10.5 Å². The van der Waals surface area contributed by atoms with Gasteiger partial charge in [0, 0.05) is 6.07 Å². The van der Waals surface area contributed by atoms with Gasteiger partial charge in [0.2, 0.25) is 11.6 Å². The summed E-state index contributed by atoms with van der Waals surface area (Å²) in [6, 6.07) is 2.15. The first-order valence-corrected chi connectivity index (χ1v) is 8.03. The van der Waals surface area contributed by atoms with Gasteiger partial charge in [-0.2, -0.15) is 0 Å². The van der Waals surface area contributed by atoms with Gasteiger partial charge in [0.1, 0.15) is 23.8 Å². The monoisotopic (exact) mass is 366 g/mol. The fourth-order valence-corrected chi connectivity index (χ4v) is 2.39. The predicted molar refractivity (Wildman–Crippen MR) is 92.5 cm³/mol. The van der Waals surface area contributed by atoms with Crippen LogP contribution in [0.2, 0.25) is 0 Å². The zero-order valence-corrected chi connectivity index (χ0v) is 14.8. The van der Waals surface area contributed by atoms with Crippen molar-refractivity contribution in [2.45, 2.75) is 38.4 Å². The molecule has 2 atom stereocenters. The summed E-state index contributed by atoms with van der Waals surface area (Å²) in [4.78, 5) is 28.3. The number of rotatable bonds is 7. The Morgan fingerprint density at radius 3 is 2.92 bits per heavy atom. The molecule has 2 rings (SSSR count). The standard InChI is InChI=1S/C16H22N4O6/c1-4-5-11(12-6-10(24-3)7-13(21)26-12)18-15(22)16(17)8-25-14(19-16)9(2)20-23/h6-7,11,23H,4-5,8,17H2,1-3H3,(H,18,22)/b20-9+/t11-,16+/m1/s1. The molecule has 0 spiro atoms. The van der Waals surface area contributed by atoms with E-state index < -0.39 is 23.2 Å². The summed E-state index contributed by atoms with van der Waals surface area (Å²) in [5.41, 5.74) is 3.86. The molecular formula is C16H22N4O6. The van der Waals surface area contributed by atoms with Crippen molar-refractivity contribution in [3.63, 3.8) is 0 Å². The Balaban J connectivity index is 2.25. The van der Waals surface area contributed by atoms with E-state index in [4.69, 9.17) is 24.8 Å². The number of oxime groups is 1. The van der Waals surface area contributed by atoms with Crippen molar-refractivity contribution < 1.29 is 23.9 Å². The summed E-state index contributed by atoms with van der Waals surface area (Å²) in [6.45, 7) is 3.18. The van der Waals surface area contributed by atoms with Crippen molar-refractivity contribution in [1.82, 2.24) is 5.32 Å². The van der Waals surface area contributed by atoms with Gasteiger partial charge in [0.25, 0.3) is 5.91 Å². The first-order valence-electron chi connectivity index (χ1n) is 8.03. The zero-order valence-electron chi connectivity index (χ0n) is 14.8. The summed E-state index contributed by atoms with van der Waals surface area (Å²) in [5.74, 6) is -0.0371. The lowest BCUT2D eigenvalue weighted by atomic mass is 10.1. The second-order valence-electron chi connectivity index (χ2n) is 5.85. The van der Waals surface area contributed by atoms with Crippen molar-refractivity contribution in [3.8, 4) is 5.75 Å². The van der Waals surface area contributed by atoms with E-state index in [1.54, 1.807) is 0 Å². The number of carbonyl (C=O) groups is 1. The molecule has 0 saturated heterocycles. The van der Waals surface area contributed by atoms with Crippen LogP contribution in [0.1, 0.15) is 38.5 Å². The molecule has 0 aromatic carbocycles. The van der Waals surface area contributed by atoms with Crippen LogP contribution in [0.3, 0.4) is 0 Å². The number of methoxy groups -OCH3 is 1. The van der Waals surface area contributed by atoms with Gasteiger partial charge in [-0.1, -0.05) is 18.5 Å². The smallest absolute Gasteiger partial charge is 0.339 e. The summed E-state index contributed by atoms with van der Waals surface area (Å²) in [6.07, 6.45) is 1.22. The summed E-state index contributed by atoms with van der Waals surface area (Å²) >= 11 is 0. The van der Waals surface area contributed by atoms with Crippen LogP contribution >= 0.6 is 0 Å². The Hall–Kier alpha value is -2.88. The van der Waals surface area contributed by atoms with Crippen LogP contribution in [0.25, 0.3) is 0 Å². The number of nitrogens with zero attached hydrogens (tertiary/aromatic N) is 2. The molecular weight excluding hydrogens is 344 g/mol. The highest BCUT2D eigenvalue weighted by molar-refractivity contribution is 6.38. The number of hydrogen-bond donors (Lipinski definition) is 3. The molecule has 10 nitrogen and oxygen atoms in total. The van der Waals surface area contributed by atoms with Crippen molar-refractivity contribution in [2.75, 3.05) is 13.7 Å². The molecule has 0 radical (unpaired) electrons. The molecule has 0 fully saturated rings. The highest BCUT2D eigenvalue weighted by atomic mass is 16.5. The summed E-state index contributed by atoms with van der Waals surface area (Å²) in [7, 11) is 1.43. The molecule has 10 heteroatoms. The van der Waals surface area contributed by atoms with E-state index in [1.165, 1.54) is 26.2 Å². The predicted octanol–water partition coefficient (Wildman–Crippen LogP) is 0.540. The van der Waals surface area contributed by atoms with E-state index in [2.05, 4.69) is 15.5 Å². The third-order valence-corrected chi connectivity index (χ3v) is 3.81. The Morgan fingerprint density at radius 1 is 1.58 bits per heavy atom. The first kappa shape index (κ1) is 19.4. The van der Waals surface area contributed by atoms with Gasteiger partial charge < -0.3 is 24.4 Å². The highest BCUT2D eigenvalue weighted by Gasteiger charge is 2.42. The van der Waals surface area contributed by atoms with Crippen LogP contribution in [0, 0.1) is 0 Å². The molecule has 1 aromatic rings. The molecule has 2 heterocycles. The van der Waals surface area contributed by atoms with Gasteiger partial charge in [-0.25, -0.2) is 9.79 Å². The number of hydrogen-bond acceptors (Lipinski definition) is 9. The maximum atomic E-state index is 12.6. The molecule has 0 aliphatic carbocycles. The van der Waals surface area contributed by atoms with Crippen LogP contribution < -0.4 is 21.4 Å². The van der Waals surface area contributed by atoms with Crippen molar-refractivity contribution >= 4 is 17.5 Å². The minimum absolute atomic E-state index is 0.00916. The zero-order chi connectivity index (χ0) is 19.3. The largest absolute Gasteiger partial charge is 0.496 e. The molecule has 1 aromatic heterocycles. The minimum Gasteiger partial charge on any atom is -0.496 e. The summed E-state index contributed by atoms with van der Waals surface area (Å²) in [5, 5.41) is 14.5. The third-order valence-electron chi connectivity index (χ3n) is 3.81. The van der Waals surface area contributed by atoms with Crippen LogP contribution in [0.5, 0.6) is 5.75 Å². The van der Waals surface area contributed by atoms with E-state index in [9.17, 15) is 9.59 Å². The van der Waals surface area contributed by atoms with Crippen molar-refractivity contribution in [2.24, 2.45) is 15.9 Å². The van der Waals surface area contributed by atoms with E-state index in [1.807, 2.05) is 6.92 Å². The van der Waals surface area contributed by atoms with E-state index >= 15 is 0 Å². The first-order chi connectivity index (χ1) is 12.3. The van der Waals surface area contributed by atoms with Gasteiger partial charge in [0.15, 0.2) is 0 Å². The van der Waals surface area contributed by atoms with Gasteiger partial charge in [-0.15, -0.1) is 0 Å². The SMILES string of the molecule is CCC[C@@H](NC(=O)[C@]1(N)COC(/C(C)=N/O)=N1)c1cc(OC)cc(=O)o1. The van der Waals surface area contributed by atoms with Crippen LogP contribution in [-0.4, -0.2) is 42.1 Å². The molecule has 1 aliphatic rings. The second-order valence-corrected chi connectivity index (χ2v) is 5.85. The van der Waals surface area contributed by atoms with E-state index in [0.717, 1.165) is 0 Å². The second kappa shape index (κ2) is 8.00. The third kappa shape index (κ3) is 4.20. The van der Waals surface area contributed by atoms with Crippen molar-refractivity contribution in [1.29, 1.82) is 0 Å². The lowest BCUT2D eigenvalue weighted by Crippen LogP contribution is -2.54. The molecule has 142 valence electrons. The Labute approximate surface area is 149 Å². The van der Waals surface area contributed by atoms with Crippen molar-refractivity contribution in [3.05, 3.63) is 28.3 Å². The van der Waals surface area contributed by atoms with Crippen LogP contribution in [0.15, 0.2) is 31.5 Å². The van der Waals surface area contributed by atoms with Crippen LogP contribution in [-0.2, 0) is 9.53 Å². The van der Waals surface area contributed by atoms with Gasteiger partial charge in [0.05, 0.1) is 19.2 Å². The average Bonchev–Trinajstić information content (AvgIpc) is 3.03. The molecule has 0 saturated carbocycles. The Morgan fingerprint density at radius 2 is 2.31 bits per heavy atom. The van der Waals surface area contributed by atoms with Gasteiger partial charge in [-0.05, 0) is 13.3 Å². The highest BCUT2D eigenvalue weighted by Crippen LogP contribution is 2.23. The minimum atomic E-state index is -1.67. The quantitative estimate of drug-likeness (QED) is 0.362. The molecule has 26 heavy (non-hydrogen) atoms. The maximum Gasteiger partial charge on any atom is 0.339 e. The van der Waals surface area contributed by atoms with E-state index in [0.29, 0.717) is 18.6 Å². The lowest BCUT2D eigenvalue weighted by molar-refractivity contribution is -0.127. The normalized spacial score (nSPS) is 20.9. The fourth-order valence-electron chi connectivity index (χ4n) is 2.39. The Bertz CT molecular complexity index is 787. The molecule has 1 aliphatic heterocycles. The maximum absolute atomic E-state index is 12.6. The van der Waals surface area contributed by atoms with E-state index in [-0.39, 0.29) is 24.0 Å². The van der Waals surface area contributed by atoms with Gasteiger partial charge >= 0.3 is 5.63 Å². The number of aliphatic imine (C=N–C) groups is 1. The number of carbonyl (C=O) groups excluding carboxylic acids is 1. The summed E-state index contributed by atoms with van der Waals surface area (Å²) < 4.78 is 15.5. The molecule has 1 amide bonds. The average molecular weight is 366 g/mol. The molecule has 0 bridgehead atoms. The lowest BCUT2D eigenvalue weighted by Gasteiger charge is -2.23. The number of ether oxygens (including phenoxy) is 2. The number of nitrogens with two attached hydrogens (primary N) is 1. The Kier molecular flexibility index (Phi) is 5.98. The molecule has 0 unspecified atom stereocenters. The topological polar surface area (TPSA) is 149 Å². The number of amides is 1. The van der Waals surface area contributed by atoms with Crippen LogP contribution in [0.4, 0.5) is 0 Å². The fraction of sp³-hybridized carbons (Fsp3) is 0.500. The molecule has 4 N–H and O–H groups in total.